The van der Waals surface area contributed by atoms with Gasteiger partial charge in [-0.25, -0.2) is 8.42 Å². The molecule has 0 aromatic heterocycles. The minimum absolute atomic E-state index is 0.0885. The van der Waals surface area contributed by atoms with Crippen molar-refractivity contribution >= 4 is 15.6 Å². The van der Waals surface area contributed by atoms with Gasteiger partial charge < -0.3 is 0 Å². The van der Waals surface area contributed by atoms with E-state index in [-0.39, 0.29) is 12.2 Å². The van der Waals surface area contributed by atoms with Gasteiger partial charge >= 0.3 is 0 Å². The summed E-state index contributed by atoms with van der Waals surface area (Å²) in [6.07, 6.45) is -0.0885. The van der Waals surface area contributed by atoms with Crippen molar-refractivity contribution < 1.29 is 13.2 Å². The summed E-state index contributed by atoms with van der Waals surface area (Å²) in [5, 5.41) is 7.27. The van der Waals surface area contributed by atoms with Crippen molar-refractivity contribution in [3.63, 3.8) is 0 Å². The van der Waals surface area contributed by atoms with Crippen molar-refractivity contribution in [3.05, 3.63) is 35.9 Å². The summed E-state index contributed by atoms with van der Waals surface area (Å²) < 4.78 is 23.5. The van der Waals surface area contributed by atoms with Crippen molar-refractivity contribution in [1.29, 1.82) is 5.26 Å². The van der Waals surface area contributed by atoms with Crippen LogP contribution in [0.1, 0.15) is 23.7 Å². The van der Waals surface area contributed by atoms with E-state index in [9.17, 15) is 13.2 Å². The Hall–Kier alpha value is -1.67. The van der Waals surface area contributed by atoms with Gasteiger partial charge in [0, 0.05) is 12.0 Å². The quantitative estimate of drug-likeness (QED) is 0.745. The maximum Gasteiger partial charge on any atom is 0.180 e. The van der Waals surface area contributed by atoms with E-state index >= 15 is 0 Å². The van der Waals surface area contributed by atoms with Crippen LogP contribution in [0, 0.1) is 11.3 Å². The number of Topliss-reactive ketones (excluding diaryl/α,β-unsaturated/α-hetero) is 1. The predicted molar refractivity (Wildman–Crippen MR) is 64.3 cm³/mol. The van der Waals surface area contributed by atoms with Gasteiger partial charge in [0.05, 0.1) is 11.8 Å². The molecule has 0 saturated heterocycles. The van der Waals surface area contributed by atoms with Gasteiger partial charge in [0.1, 0.15) is 5.25 Å². The molecule has 0 fully saturated rings. The zero-order chi connectivity index (χ0) is 12.9. The van der Waals surface area contributed by atoms with Gasteiger partial charge in [0.15, 0.2) is 15.6 Å². The Bertz CT molecular complexity index is 529. The van der Waals surface area contributed by atoms with E-state index in [0.717, 1.165) is 0 Å². The molecule has 0 aliphatic heterocycles. The molecule has 0 saturated carbocycles. The Kier molecular flexibility index (Phi) is 4.41. The van der Waals surface area contributed by atoms with E-state index in [1.165, 1.54) is 6.92 Å². The van der Waals surface area contributed by atoms with E-state index in [1.807, 2.05) is 0 Å². The Labute approximate surface area is 101 Å². The van der Waals surface area contributed by atoms with Gasteiger partial charge in [-0.2, -0.15) is 5.26 Å². The molecule has 1 aromatic carbocycles. The number of sulfone groups is 1. The Morgan fingerprint density at radius 1 is 1.35 bits per heavy atom. The average Bonchev–Trinajstić information content (AvgIpc) is 2.35. The third kappa shape index (κ3) is 3.40. The molecular formula is C12H13NO3S. The Morgan fingerprint density at radius 3 is 2.47 bits per heavy atom. The van der Waals surface area contributed by atoms with Crippen LogP contribution in [-0.4, -0.2) is 25.2 Å². The summed E-state index contributed by atoms with van der Waals surface area (Å²) in [5.74, 6) is -0.702. The number of rotatable bonds is 5. The van der Waals surface area contributed by atoms with Crippen LogP contribution in [0.2, 0.25) is 0 Å². The van der Waals surface area contributed by atoms with E-state index in [1.54, 1.807) is 36.4 Å². The molecule has 0 radical (unpaired) electrons. The summed E-state index contributed by atoms with van der Waals surface area (Å²) in [6.45, 7) is 1.36. The summed E-state index contributed by atoms with van der Waals surface area (Å²) in [5.41, 5.74) is 0.375. The highest BCUT2D eigenvalue weighted by Gasteiger charge is 2.28. The molecule has 17 heavy (non-hydrogen) atoms. The van der Waals surface area contributed by atoms with E-state index in [0.29, 0.717) is 5.56 Å². The maximum absolute atomic E-state index is 11.9. The topological polar surface area (TPSA) is 75.0 Å². The summed E-state index contributed by atoms with van der Waals surface area (Å²) >= 11 is 0. The zero-order valence-corrected chi connectivity index (χ0v) is 10.3. The number of carbonyl (C=O) groups is 1. The number of hydrogen-bond acceptors (Lipinski definition) is 4. The predicted octanol–water partition coefficient (Wildman–Crippen LogP) is 1.59. The van der Waals surface area contributed by atoms with Crippen LogP contribution in [0.25, 0.3) is 0 Å². The third-order valence-electron chi connectivity index (χ3n) is 2.46. The van der Waals surface area contributed by atoms with E-state index < -0.39 is 20.9 Å². The standard InChI is InChI=1S/C12H13NO3S/c1-10(17(15,16)9-5-8-13)12(14)11-6-3-2-4-7-11/h2-4,6-7,10H,5,9H2,1H3. The molecule has 0 aliphatic rings. The van der Waals surface area contributed by atoms with Gasteiger partial charge in [0.25, 0.3) is 0 Å². The van der Waals surface area contributed by atoms with E-state index in [4.69, 9.17) is 5.26 Å². The number of ketones is 1. The minimum Gasteiger partial charge on any atom is -0.293 e. The zero-order valence-electron chi connectivity index (χ0n) is 9.46. The molecular weight excluding hydrogens is 238 g/mol. The van der Waals surface area contributed by atoms with Crippen molar-refractivity contribution in [2.24, 2.45) is 0 Å². The first-order valence-electron chi connectivity index (χ1n) is 5.17. The second kappa shape index (κ2) is 5.60. The molecule has 0 bridgehead atoms. The molecule has 0 amide bonds. The number of benzene rings is 1. The van der Waals surface area contributed by atoms with Gasteiger partial charge in [-0.1, -0.05) is 30.3 Å². The molecule has 0 N–H and O–H groups in total. The molecule has 1 rings (SSSR count). The van der Waals surface area contributed by atoms with Crippen LogP contribution in [0.5, 0.6) is 0 Å². The molecule has 1 atom stereocenters. The molecule has 1 unspecified atom stereocenters. The Morgan fingerprint density at radius 2 is 1.94 bits per heavy atom. The lowest BCUT2D eigenvalue weighted by Gasteiger charge is -2.10. The van der Waals surface area contributed by atoms with Crippen molar-refractivity contribution in [1.82, 2.24) is 0 Å². The van der Waals surface area contributed by atoms with Crippen LogP contribution < -0.4 is 0 Å². The molecule has 0 spiro atoms. The highest BCUT2D eigenvalue weighted by Crippen LogP contribution is 2.11. The fourth-order valence-electron chi connectivity index (χ4n) is 1.36. The number of nitriles is 1. The smallest absolute Gasteiger partial charge is 0.180 e. The Balaban J connectivity index is 2.88. The van der Waals surface area contributed by atoms with E-state index in [2.05, 4.69) is 0 Å². The molecule has 4 nitrogen and oxygen atoms in total. The first kappa shape index (κ1) is 13.4. The molecule has 1 aromatic rings. The fourth-order valence-corrected chi connectivity index (χ4v) is 2.56. The molecule has 0 heterocycles. The van der Waals surface area contributed by atoms with Gasteiger partial charge in [0.2, 0.25) is 0 Å². The van der Waals surface area contributed by atoms with Crippen LogP contribution >= 0.6 is 0 Å². The van der Waals surface area contributed by atoms with Crippen LogP contribution in [-0.2, 0) is 9.84 Å². The first-order valence-corrected chi connectivity index (χ1v) is 6.88. The normalized spacial score (nSPS) is 12.7. The van der Waals surface area contributed by atoms with Crippen LogP contribution in [0.15, 0.2) is 30.3 Å². The highest BCUT2D eigenvalue weighted by molar-refractivity contribution is 7.92. The fraction of sp³-hybridized carbons (Fsp3) is 0.333. The molecule has 90 valence electrons. The van der Waals surface area contributed by atoms with Gasteiger partial charge in [-0.15, -0.1) is 0 Å². The van der Waals surface area contributed by atoms with Crippen LogP contribution in [0.4, 0.5) is 0 Å². The second-order valence-corrected chi connectivity index (χ2v) is 6.09. The molecule has 5 heteroatoms. The van der Waals surface area contributed by atoms with Gasteiger partial charge in [-0.05, 0) is 6.92 Å². The van der Waals surface area contributed by atoms with Crippen molar-refractivity contribution in [3.8, 4) is 6.07 Å². The first-order chi connectivity index (χ1) is 7.99. The minimum atomic E-state index is -3.54. The largest absolute Gasteiger partial charge is 0.293 e. The maximum atomic E-state index is 11.9. The lowest BCUT2D eigenvalue weighted by atomic mass is 10.1. The number of nitrogens with zero attached hydrogens (tertiary/aromatic N) is 1. The number of carbonyl (C=O) groups excluding carboxylic acids is 1. The van der Waals surface area contributed by atoms with Crippen molar-refractivity contribution in [2.75, 3.05) is 5.75 Å². The third-order valence-corrected chi connectivity index (χ3v) is 4.53. The van der Waals surface area contributed by atoms with Gasteiger partial charge in [-0.3, -0.25) is 4.79 Å². The average molecular weight is 251 g/mol. The highest BCUT2D eigenvalue weighted by atomic mass is 32.2. The molecule has 0 aliphatic carbocycles. The monoisotopic (exact) mass is 251 g/mol. The number of hydrogen-bond donors (Lipinski definition) is 0. The van der Waals surface area contributed by atoms with Crippen molar-refractivity contribution in [2.45, 2.75) is 18.6 Å². The summed E-state index contributed by atoms with van der Waals surface area (Å²) in [7, 11) is -3.54. The lowest BCUT2D eigenvalue weighted by molar-refractivity contribution is 0.0991. The van der Waals surface area contributed by atoms with Crippen LogP contribution in [0.3, 0.4) is 0 Å². The SMILES string of the molecule is CC(C(=O)c1ccccc1)S(=O)(=O)CCC#N. The summed E-state index contributed by atoms with van der Waals surface area (Å²) in [4.78, 5) is 11.9. The second-order valence-electron chi connectivity index (χ2n) is 3.65. The lowest BCUT2D eigenvalue weighted by Crippen LogP contribution is -2.29. The summed E-state index contributed by atoms with van der Waals surface area (Å²) in [6, 6.07) is 10.1.